The first-order valence-corrected chi connectivity index (χ1v) is 9.11. The Labute approximate surface area is 153 Å². The molecule has 1 atom stereocenters. The average Bonchev–Trinajstić information content (AvgIpc) is 3.32. The second-order valence-electron chi connectivity index (χ2n) is 5.76. The second-order valence-corrected chi connectivity index (χ2v) is 6.68. The number of hydrogen-bond acceptors (Lipinski definition) is 7. The predicted molar refractivity (Wildman–Crippen MR) is 94.4 cm³/mol. The fourth-order valence-electron chi connectivity index (χ4n) is 2.74. The van der Waals surface area contributed by atoms with Crippen LogP contribution >= 0.6 is 11.8 Å². The van der Waals surface area contributed by atoms with Crippen LogP contribution in [0.25, 0.3) is 5.65 Å². The fraction of sp³-hybridized carbons (Fsp3) is 0.167. The maximum absolute atomic E-state index is 5.89. The summed E-state index contributed by atoms with van der Waals surface area (Å²) in [6, 6.07) is 13.4. The van der Waals surface area contributed by atoms with E-state index in [-0.39, 0.29) is 0 Å². The predicted octanol–water partition coefficient (Wildman–Crippen LogP) is 3.52. The van der Waals surface area contributed by atoms with Crippen LogP contribution in [0.4, 0.5) is 0 Å². The largest absolute Gasteiger partial charge is 0.485 e. The molecular weight excluding hydrogens is 352 g/mol. The van der Waals surface area contributed by atoms with Crippen molar-refractivity contribution < 1.29 is 13.9 Å². The molecule has 130 valence electrons. The molecule has 8 heteroatoms. The van der Waals surface area contributed by atoms with Crippen molar-refractivity contribution in [2.45, 2.75) is 17.1 Å². The van der Waals surface area contributed by atoms with Gasteiger partial charge in [-0.05, 0) is 24.3 Å². The molecule has 1 aliphatic heterocycles. The Morgan fingerprint density at radius 1 is 1.08 bits per heavy atom. The number of fused-ring (bicyclic) bond motifs is 2. The van der Waals surface area contributed by atoms with Crippen molar-refractivity contribution in [1.82, 2.24) is 19.6 Å². The minimum Gasteiger partial charge on any atom is -0.485 e. The Hall–Kier alpha value is -3.00. The number of thioether (sulfide) groups is 1. The maximum Gasteiger partial charge on any atom is 0.277 e. The molecule has 0 saturated carbocycles. The molecule has 0 bridgehead atoms. The first-order valence-electron chi connectivity index (χ1n) is 8.12. The van der Waals surface area contributed by atoms with E-state index in [1.165, 1.54) is 11.8 Å². The van der Waals surface area contributed by atoms with Crippen LogP contribution in [0.2, 0.25) is 0 Å². The van der Waals surface area contributed by atoms with Gasteiger partial charge in [-0.15, -0.1) is 10.2 Å². The van der Waals surface area contributed by atoms with Gasteiger partial charge in [0, 0.05) is 18.1 Å². The second kappa shape index (κ2) is 6.38. The van der Waals surface area contributed by atoms with E-state index >= 15 is 0 Å². The van der Waals surface area contributed by atoms with Gasteiger partial charge < -0.3 is 18.3 Å². The summed E-state index contributed by atoms with van der Waals surface area (Å²) in [7, 11) is 0. The van der Waals surface area contributed by atoms with Crippen LogP contribution in [0.1, 0.15) is 17.7 Å². The van der Waals surface area contributed by atoms with E-state index in [9.17, 15) is 0 Å². The van der Waals surface area contributed by atoms with Gasteiger partial charge in [0.2, 0.25) is 6.10 Å². The Morgan fingerprint density at radius 3 is 2.88 bits per heavy atom. The smallest absolute Gasteiger partial charge is 0.277 e. The van der Waals surface area contributed by atoms with Gasteiger partial charge in [0.25, 0.3) is 11.1 Å². The Kier molecular flexibility index (Phi) is 3.75. The van der Waals surface area contributed by atoms with Gasteiger partial charge >= 0.3 is 0 Å². The van der Waals surface area contributed by atoms with Crippen LogP contribution in [0.3, 0.4) is 0 Å². The molecule has 0 fully saturated rings. The zero-order chi connectivity index (χ0) is 17.3. The summed E-state index contributed by atoms with van der Waals surface area (Å²) in [4.78, 5) is 4.56. The molecule has 0 unspecified atom stereocenters. The lowest BCUT2D eigenvalue weighted by Crippen LogP contribution is -2.21. The van der Waals surface area contributed by atoms with Gasteiger partial charge in [0.15, 0.2) is 11.5 Å². The molecule has 0 saturated heterocycles. The highest BCUT2D eigenvalue weighted by molar-refractivity contribution is 7.98. The summed E-state index contributed by atoms with van der Waals surface area (Å²) in [5, 5.41) is 8.68. The van der Waals surface area contributed by atoms with Crippen LogP contribution in [0, 0.1) is 0 Å². The quantitative estimate of drug-likeness (QED) is 0.512. The molecule has 0 radical (unpaired) electrons. The van der Waals surface area contributed by atoms with Gasteiger partial charge in [-0.3, -0.25) is 0 Å². The summed E-state index contributed by atoms with van der Waals surface area (Å²) in [6.07, 6.45) is 3.57. The van der Waals surface area contributed by atoms with Gasteiger partial charge in [0.1, 0.15) is 12.3 Å². The van der Waals surface area contributed by atoms with E-state index < -0.39 is 6.10 Å². The van der Waals surface area contributed by atoms with Crippen molar-refractivity contribution >= 4 is 17.4 Å². The molecule has 7 nitrogen and oxygen atoms in total. The van der Waals surface area contributed by atoms with Crippen LogP contribution in [0.5, 0.6) is 11.5 Å². The number of nitrogens with zero attached hydrogens (tertiary/aromatic N) is 4. The number of ether oxygens (including phenoxy) is 2. The number of pyridine rings is 1. The molecular formula is C18H14N4O3S. The number of rotatable bonds is 4. The molecule has 5 rings (SSSR count). The Bertz CT molecular complexity index is 1030. The molecule has 0 aliphatic carbocycles. The number of imidazole rings is 1. The minimum atomic E-state index is -0.401. The summed E-state index contributed by atoms with van der Waals surface area (Å²) in [5.41, 5.74) is 1.87. The van der Waals surface area contributed by atoms with Crippen LogP contribution in [0.15, 0.2) is 64.5 Å². The Balaban J connectivity index is 1.27. The number of aromatic nitrogens is 4. The number of para-hydroxylation sites is 2. The van der Waals surface area contributed by atoms with Gasteiger partial charge in [-0.25, -0.2) is 4.98 Å². The molecule has 0 N–H and O–H groups in total. The zero-order valence-electron chi connectivity index (χ0n) is 13.6. The number of benzene rings is 1. The van der Waals surface area contributed by atoms with Crippen molar-refractivity contribution in [1.29, 1.82) is 0 Å². The van der Waals surface area contributed by atoms with Gasteiger partial charge in [0.05, 0.1) is 5.69 Å². The molecule has 0 spiro atoms. The summed E-state index contributed by atoms with van der Waals surface area (Å²) >= 11 is 1.45. The highest BCUT2D eigenvalue weighted by atomic mass is 32.2. The van der Waals surface area contributed by atoms with Crippen molar-refractivity contribution in [3.63, 3.8) is 0 Å². The van der Waals surface area contributed by atoms with E-state index in [0.717, 1.165) is 17.1 Å². The minimum absolute atomic E-state index is 0.343. The van der Waals surface area contributed by atoms with E-state index in [1.54, 1.807) is 0 Å². The standard InChI is InChI=1S/C18H14N4O3S/c1-2-6-14-13(5-1)23-10-15(24-14)17-20-21-18(25-17)26-11-12-9-22-8-4-3-7-16(22)19-12/h1-9,15H,10-11H2/t15-/m0/s1. The van der Waals surface area contributed by atoms with Crippen molar-refractivity contribution in [2.24, 2.45) is 0 Å². The topological polar surface area (TPSA) is 74.7 Å². The van der Waals surface area contributed by atoms with Crippen molar-refractivity contribution in [2.75, 3.05) is 6.61 Å². The highest BCUT2D eigenvalue weighted by Crippen LogP contribution is 2.36. The lowest BCUT2D eigenvalue weighted by molar-refractivity contribution is 0.0686. The van der Waals surface area contributed by atoms with E-state index in [0.29, 0.717) is 29.2 Å². The van der Waals surface area contributed by atoms with Crippen LogP contribution in [-0.4, -0.2) is 26.2 Å². The summed E-state index contributed by atoms with van der Waals surface area (Å²) < 4.78 is 19.3. The van der Waals surface area contributed by atoms with Crippen molar-refractivity contribution in [3.05, 3.63) is 66.4 Å². The first kappa shape index (κ1) is 15.3. The first-order chi connectivity index (χ1) is 12.8. The summed E-state index contributed by atoms with van der Waals surface area (Å²) in [6.45, 7) is 0.343. The fourth-order valence-corrected chi connectivity index (χ4v) is 3.40. The van der Waals surface area contributed by atoms with E-state index in [4.69, 9.17) is 13.9 Å². The molecule has 1 aromatic carbocycles. The van der Waals surface area contributed by atoms with E-state index in [2.05, 4.69) is 15.2 Å². The Morgan fingerprint density at radius 2 is 1.96 bits per heavy atom. The molecule has 3 aromatic heterocycles. The summed E-state index contributed by atoms with van der Waals surface area (Å²) in [5.74, 6) is 2.47. The molecule has 26 heavy (non-hydrogen) atoms. The number of hydrogen-bond donors (Lipinski definition) is 0. The third kappa shape index (κ3) is 2.88. The SMILES string of the molecule is c1ccc2c(c1)OC[C@@H](c1nnc(SCc3cn4ccccc4n3)o1)O2. The molecule has 1 aliphatic rings. The van der Waals surface area contributed by atoms with Crippen LogP contribution < -0.4 is 9.47 Å². The van der Waals surface area contributed by atoms with Crippen molar-refractivity contribution in [3.8, 4) is 11.5 Å². The molecule has 4 heterocycles. The monoisotopic (exact) mass is 366 g/mol. The van der Waals surface area contributed by atoms with Gasteiger partial charge in [-0.1, -0.05) is 30.0 Å². The zero-order valence-corrected chi connectivity index (χ0v) is 14.4. The lowest BCUT2D eigenvalue weighted by Gasteiger charge is -2.23. The lowest BCUT2D eigenvalue weighted by atomic mass is 10.2. The van der Waals surface area contributed by atoms with Gasteiger partial charge in [-0.2, -0.15) is 0 Å². The molecule has 4 aromatic rings. The molecule has 0 amide bonds. The maximum atomic E-state index is 5.89. The third-order valence-electron chi connectivity index (χ3n) is 3.96. The van der Waals surface area contributed by atoms with Crippen LogP contribution in [-0.2, 0) is 5.75 Å². The normalized spacial score (nSPS) is 16.1. The third-order valence-corrected chi connectivity index (χ3v) is 4.82. The van der Waals surface area contributed by atoms with E-state index in [1.807, 2.05) is 59.3 Å². The average molecular weight is 366 g/mol. The highest BCUT2D eigenvalue weighted by Gasteiger charge is 2.27.